The highest BCUT2D eigenvalue weighted by Gasteiger charge is 2.10. The lowest BCUT2D eigenvalue weighted by Crippen LogP contribution is -2.09. The molecule has 0 heterocycles. The second kappa shape index (κ2) is 7.77. The van der Waals surface area contributed by atoms with E-state index in [2.05, 4.69) is 16.7 Å². The van der Waals surface area contributed by atoms with Gasteiger partial charge in [-0.25, -0.2) is 0 Å². The molecule has 7 heteroatoms. The van der Waals surface area contributed by atoms with Crippen LogP contribution in [0.25, 0.3) is 0 Å². The number of hydrogen-bond donors (Lipinski definition) is 3. The predicted molar refractivity (Wildman–Crippen MR) is 87.2 cm³/mol. The number of benzene rings is 2. The normalized spacial score (nSPS) is 9.91. The topological polar surface area (TPSA) is 111 Å². The summed E-state index contributed by atoms with van der Waals surface area (Å²) in [6.07, 6.45) is 0. The zero-order chi connectivity index (χ0) is 16.7. The van der Waals surface area contributed by atoms with E-state index >= 15 is 0 Å². The summed E-state index contributed by atoms with van der Waals surface area (Å²) in [6, 6.07) is 13.6. The van der Waals surface area contributed by atoms with Gasteiger partial charge in [-0.1, -0.05) is 12.1 Å². The average molecular weight is 312 g/mol. The van der Waals surface area contributed by atoms with Crippen molar-refractivity contribution in [1.29, 1.82) is 5.26 Å². The Morgan fingerprint density at radius 1 is 1.13 bits per heavy atom. The van der Waals surface area contributed by atoms with Crippen molar-refractivity contribution < 1.29 is 10.0 Å². The van der Waals surface area contributed by atoms with Crippen LogP contribution in [-0.4, -0.2) is 23.2 Å². The Balaban J connectivity index is 2.16. The fourth-order valence-electron chi connectivity index (χ4n) is 2.03. The maximum Gasteiger partial charge on any atom is 0.271 e. The lowest BCUT2D eigenvalue weighted by Gasteiger charge is -2.13. The summed E-state index contributed by atoms with van der Waals surface area (Å²) in [5.74, 6) is 0. The molecule has 0 unspecified atom stereocenters. The first-order chi connectivity index (χ1) is 11.1. The number of hydrogen-bond acceptors (Lipinski definition) is 6. The number of aliphatic hydroxyl groups is 1. The molecule has 0 radical (unpaired) electrons. The van der Waals surface area contributed by atoms with Gasteiger partial charge >= 0.3 is 0 Å². The second-order valence-electron chi connectivity index (χ2n) is 4.80. The molecule has 118 valence electrons. The van der Waals surface area contributed by atoms with Gasteiger partial charge in [-0.05, 0) is 23.8 Å². The number of nitro groups is 1. The van der Waals surface area contributed by atoms with Crippen LogP contribution in [0.1, 0.15) is 11.1 Å². The lowest BCUT2D eigenvalue weighted by atomic mass is 10.1. The minimum atomic E-state index is -0.456. The Labute approximate surface area is 133 Å². The van der Waals surface area contributed by atoms with Gasteiger partial charge in [0.15, 0.2) is 0 Å². The highest BCUT2D eigenvalue weighted by atomic mass is 16.6. The lowest BCUT2D eigenvalue weighted by molar-refractivity contribution is -0.384. The van der Waals surface area contributed by atoms with E-state index in [1.807, 2.05) is 12.1 Å². The fraction of sp³-hybridized carbons (Fsp3) is 0.188. The Bertz CT molecular complexity index is 723. The standard InChI is InChI=1S/C16H16N4O3/c17-10-12-1-3-13(4-2-12)11-19-16-9-14(20(22)23)5-6-15(16)18-7-8-21/h1-6,9,18-19,21H,7-8,11H2. The summed E-state index contributed by atoms with van der Waals surface area (Å²) in [6.45, 7) is 0.774. The molecular weight excluding hydrogens is 296 g/mol. The van der Waals surface area contributed by atoms with Crippen molar-refractivity contribution in [3.63, 3.8) is 0 Å². The summed E-state index contributed by atoms with van der Waals surface area (Å²) >= 11 is 0. The summed E-state index contributed by atoms with van der Waals surface area (Å²) in [5.41, 5.74) is 2.77. The molecule has 2 rings (SSSR count). The first-order valence-electron chi connectivity index (χ1n) is 7.00. The summed E-state index contributed by atoms with van der Waals surface area (Å²) in [7, 11) is 0. The van der Waals surface area contributed by atoms with E-state index in [1.54, 1.807) is 18.2 Å². The molecule has 3 N–H and O–H groups in total. The van der Waals surface area contributed by atoms with Crippen LogP contribution in [0.5, 0.6) is 0 Å². The largest absolute Gasteiger partial charge is 0.395 e. The molecule has 0 aliphatic heterocycles. The molecule has 7 nitrogen and oxygen atoms in total. The molecule has 23 heavy (non-hydrogen) atoms. The van der Waals surface area contributed by atoms with Crippen LogP contribution < -0.4 is 10.6 Å². The summed E-state index contributed by atoms with van der Waals surface area (Å²) < 4.78 is 0. The monoisotopic (exact) mass is 312 g/mol. The van der Waals surface area contributed by atoms with Crippen molar-refractivity contribution in [2.24, 2.45) is 0 Å². The van der Waals surface area contributed by atoms with E-state index in [1.165, 1.54) is 12.1 Å². The van der Waals surface area contributed by atoms with E-state index in [4.69, 9.17) is 10.4 Å². The average Bonchev–Trinajstić information content (AvgIpc) is 2.58. The quantitative estimate of drug-likeness (QED) is 0.535. The first-order valence-corrected chi connectivity index (χ1v) is 7.00. The second-order valence-corrected chi connectivity index (χ2v) is 4.80. The Hall–Kier alpha value is -3.11. The molecule has 0 spiro atoms. The first kappa shape index (κ1) is 16.3. The molecule has 2 aromatic rings. The van der Waals surface area contributed by atoms with Crippen LogP contribution in [-0.2, 0) is 6.54 Å². The molecule has 0 aliphatic carbocycles. The number of rotatable bonds is 7. The third-order valence-corrected chi connectivity index (χ3v) is 3.21. The number of nitrogens with one attached hydrogen (secondary N) is 2. The molecule has 0 amide bonds. The predicted octanol–water partition coefficient (Wildman–Crippen LogP) is 2.48. The number of non-ortho nitro benzene ring substituents is 1. The molecule has 0 fully saturated rings. The number of anilines is 2. The van der Waals surface area contributed by atoms with Gasteiger partial charge in [0.2, 0.25) is 0 Å². The van der Waals surface area contributed by atoms with Crippen LogP contribution in [0, 0.1) is 21.4 Å². The highest BCUT2D eigenvalue weighted by Crippen LogP contribution is 2.27. The fourth-order valence-corrected chi connectivity index (χ4v) is 2.03. The van der Waals surface area contributed by atoms with Crippen LogP contribution in [0.2, 0.25) is 0 Å². The minimum Gasteiger partial charge on any atom is -0.395 e. The highest BCUT2D eigenvalue weighted by molar-refractivity contribution is 5.72. The molecular formula is C16H16N4O3. The van der Waals surface area contributed by atoms with Crippen LogP contribution in [0.4, 0.5) is 17.1 Å². The molecule has 0 aromatic heterocycles. The van der Waals surface area contributed by atoms with Gasteiger partial charge in [0, 0.05) is 25.2 Å². The summed E-state index contributed by atoms with van der Waals surface area (Å²) in [5, 5.41) is 34.7. The van der Waals surface area contributed by atoms with Crippen molar-refractivity contribution in [3.05, 3.63) is 63.7 Å². The molecule has 0 saturated carbocycles. The zero-order valence-electron chi connectivity index (χ0n) is 12.3. The Kier molecular flexibility index (Phi) is 5.50. The SMILES string of the molecule is N#Cc1ccc(CNc2cc([N+](=O)[O-])ccc2NCCO)cc1. The molecule has 0 bridgehead atoms. The third kappa shape index (κ3) is 4.43. The van der Waals surface area contributed by atoms with Crippen LogP contribution in [0.15, 0.2) is 42.5 Å². The van der Waals surface area contributed by atoms with Crippen LogP contribution >= 0.6 is 0 Å². The van der Waals surface area contributed by atoms with E-state index in [-0.39, 0.29) is 12.3 Å². The van der Waals surface area contributed by atoms with Gasteiger partial charge in [0.1, 0.15) is 0 Å². The number of nitriles is 1. The van der Waals surface area contributed by atoms with E-state index in [9.17, 15) is 10.1 Å². The smallest absolute Gasteiger partial charge is 0.271 e. The number of nitro benzene ring substituents is 1. The molecule has 0 aliphatic rings. The van der Waals surface area contributed by atoms with Gasteiger partial charge in [-0.2, -0.15) is 5.26 Å². The van der Waals surface area contributed by atoms with E-state index in [0.717, 1.165) is 5.56 Å². The van der Waals surface area contributed by atoms with E-state index < -0.39 is 4.92 Å². The van der Waals surface area contributed by atoms with Crippen molar-refractivity contribution in [2.45, 2.75) is 6.54 Å². The number of nitrogens with zero attached hydrogens (tertiary/aromatic N) is 2. The Morgan fingerprint density at radius 2 is 1.87 bits per heavy atom. The Morgan fingerprint density at radius 3 is 2.48 bits per heavy atom. The minimum absolute atomic E-state index is 0.0122. The molecule has 0 atom stereocenters. The van der Waals surface area contributed by atoms with Gasteiger partial charge < -0.3 is 15.7 Å². The van der Waals surface area contributed by atoms with Gasteiger partial charge in [0.25, 0.3) is 5.69 Å². The van der Waals surface area contributed by atoms with Gasteiger partial charge in [-0.3, -0.25) is 10.1 Å². The summed E-state index contributed by atoms with van der Waals surface area (Å²) in [4.78, 5) is 10.5. The van der Waals surface area contributed by atoms with Gasteiger partial charge in [0.05, 0.1) is 34.5 Å². The molecule has 2 aromatic carbocycles. The maximum absolute atomic E-state index is 10.9. The van der Waals surface area contributed by atoms with Crippen molar-refractivity contribution >= 4 is 17.1 Å². The van der Waals surface area contributed by atoms with Crippen molar-refractivity contribution in [2.75, 3.05) is 23.8 Å². The van der Waals surface area contributed by atoms with Crippen LogP contribution in [0.3, 0.4) is 0 Å². The van der Waals surface area contributed by atoms with Gasteiger partial charge in [-0.15, -0.1) is 0 Å². The van der Waals surface area contributed by atoms with E-state index in [0.29, 0.717) is 30.0 Å². The number of aliphatic hydroxyl groups excluding tert-OH is 1. The van der Waals surface area contributed by atoms with Crippen molar-refractivity contribution in [3.8, 4) is 6.07 Å². The third-order valence-electron chi connectivity index (χ3n) is 3.21. The maximum atomic E-state index is 10.9. The van der Waals surface area contributed by atoms with Crippen molar-refractivity contribution in [1.82, 2.24) is 0 Å². The zero-order valence-corrected chi connectivity index (χ0v) is 12.3. The molecule has 0 saturated heterocycles.